The van der Waals surface area contributed by atoms with Crippen LogP contribution < -0.4 is 10.5 Å². The Morgan fingerprint density at radius 1 is 1.11 bits per heavy atom. The van der Waals surface area contributed by atoms with Crippen molar-refractivity contribution < 1.29 is 4.74 Å². The van der Waals surface area contributed by atoms with E-state index in [4.69, 9.17) is 22.1 Å². The highest BCUT2D eigenvalue weighted by Crippen LogP contribution is 2.27. The number of benzene rings is 2. The molecule has 19 heavy (non-hydrogen) atoms. The second kappa shape index (κ2) is 5.54. The van der Waals surface area contributed by atoms with Crippen LogP contribution in [0.4, 0.5) is 5.69 Å². The molecule has 0 saturated carbocycles. The molecule has 0 saturated heterocycles. The Morgan fingerprint density at radius 3 is 2.42 bits per heavy atom. The minimum atomic E-state index is -0.0599. The number of hydrogen-bond acceptors (Lipinski definition) is 2. The number of halogens is 1. The lowest BCUT2D eigenvalue weighted by Crippen LogP contribution is -2.26. The van der Waals surface area contributed by atoms with E-state index >= 15 is 0 Å². The van der Waals surface area contributed by atoms with Crippen LogP contribution in [0, 0.1) is 0 Å². The van der Waals surface area contributed by atoms with Crippen LogP contribution in [0.15, 0.2) is 48.5 Å². The van der Waals surface area contributed by atoms with Gasteiger partial charge in [-0.05, 0) is 17.7 Å². The van der Waals surface area contributed by atoms with Gasteiger partial charge in [-0.1, -0.05) is 55.8 Å². The summed E-state index contributed by atoms with van der Waals surface area (Å²) in [6.45, 7) is 4.89. The lowest BCUT2D eigenvalue weighted by molar-refractivity contribution is 0.241. The molecular weight excluding hydrogens is 258 g/mol. The van der Waals surface area contributed by atoms with Gasteiger partial charge in [0.2, 0.25) is 0 Å². The second-order valence-corrected chi connectivity index (χ2v) is 5.63. The van der Waals surface area contributed by atoms with E-state index in [0.717, 1.165) is 5.75 Å². The molecule has 100 valence electrons. The van der Waals surface area contributed by atoms with Gasteiger partial charge in [-0.15, -0.1) is 0 Å². The Hall–Kier alpha value is -1.67. The quantitative estimate of drug-likeness (QED) is 0.846. The van der Waals surface area contributed by atoms with Gasteiger partial charge in [0, 0.05) is 11.5 Å². The first-order chi connectivity index (χ1) is 8.99. The van der Waals surface area contributed by atoms with E-state index in [9.17, 15) is 0 Å². The fraction of sp³-hybridized carbons (Fsp3) is 0.250. The van der Waals surface area contributed by atoms with E-state index in [1.54, 1.807) is 12.1 Å². The number of ether oxygens (including phenoxy) is 1. The molecule has 0 aliphatic rings. The van der Waals surface area contributed by atoms with E-state index in [-0.39, 0.29) is 5.41 Å². The summed E-state index contributed by atoms with van der Waals surface area (Å²) in [5.74, 6) is 0.742. The number of nitrogens with two attached hydrogens (primary N) is 1. The summed E-state index contributed by atoms with van der Waals surface area (Å²) in [5, 5.41) is 0.551. The molecule has 0 spiro atoms. The third-order valence-corrected chi connectivity index (χ3v) is 3.47. The molecule has 2 N–H and O–H groups in total. The number of anilines is 1. The van der Waals surface area contributed by atoms with Gasteiger partial charge >= 0.3 is 0 Å². The molecule has 0 radical (unpaired) electrons. The van der Waals surface area contributed by atoms with Gasteiger partial charge in [0.05, 0.1) is 17.3 Å². The summed E-state index contributed by atoms with van der Waals surface area (Å²) in [6, 6.07) is 15.7. The zero-order valence-electron chi connectivity index (χ0n) is 11.2. The van der Waals surface area contributed by atoms with Crippen molar-refractivity contribution in [1.82, 2.24) is 0 Å². The van der Waals surface area contributed by atoms with Gasteiger partial charge in [-0.3, -0.25) is 0 Å². The third-order valence-electron chi connectivity index (χ3n) is 3.12. The number of rotatable bonds is 4. The highest BCUT2D eigenvalue weighted by molar-refractivity contribution is 6.33. The average Bonchev–Trinajstić information content (AvgIpc) is 2.41. The van der Waals surface area contributed by atoms with Crippen molar-refractivity contribution in [2.45, 2.75) is 19.3 Å². The molecule has 0 fully saturated rings. The predicted octanol–water partition coefficient (Wildman–Crippen LogP) is 4.28. The highest BCUT2D eigenvalue weighted by atomic mass is 35.5. The Labute approximate surface area is 119 Å². The molecule has 0 unspecified atom stereocenters. The fourth-order valence-corrected chi connectivity index (χ4v) is 1.97. The Balaban J connectivity index is 2.07. The molecule has 2 rings (SSSR count). The zero-order valence-corrected chi connectivity index (χ0v) is 11.9. The molecule has 0 aliphatic heterocycles. The topological polar surface area (TPSA) is 35.2 Å². The zero-order chi connectivity index (χ0) is 13.9. The number of nitrogen functional groups attached to an aromatic ring is 1. The van der Waals surface area contributed by atoms with Crippen molar-refractivity contribution in [3.63, 3.8) is 0 Å². The Morgan fingerprint density at radius 2 is 1.79 bits per heavy atom. The largest absolute Gasteiger partial charge is 0.493 e. The second-order valence-electron chi connectivity index (χ2n) is 5.22. The van der Waals surface area contributed by atoms with Gasteiger partial charge in [0.15, 0.2) is 0 Å². The van der Waals surface area contributed by atoms with Crippen LogP contribution in [-0.4, -0.2) is 6.61 Å². The lowest BCUT2D eigenvalue weighted by Gasteiger charge is -2.25. The summed E-state index contributed by atoms with van der Waals surface area (Å²) >= 11 is 5.89. The van der Waals surface area contributed by atoms with Crippen LogP contribution in [0.3, 0.4) is 0 Å². The molecule has 3 heteroatoms. The molecule has 0 heterocycles. The van der Waals surface area contributed by atoms with Crippen LogP contribution in [-0.2, 0) is 5.41 Å². The fourth-order valence-electron chi connectivity index (χ4n) is 1.85. The Bertz CT molecular complexity index is 552. The first-order valence-corrected chi connectivity index (χ1v) is 6.60. The van der Waals surface area contributed by atoms with Crippen LogP contribution in [0.1, 0.15) is 19.4 Å². The molecular formula is C16H18ClNO. The van der Waals surface area contributed by atoms with Crippen LogP contribution in [0.25, 0.3) is 0 Å². The van der Waals surface area contributed by atoms with Gasteiger partial charge in [0.1, 0.15) is 5.75 Å². The molecule has 0 atom stereocenters. The van der Waals surface area contributed by atoms with Gasteiger partial charge in [-0.25, -0.2) is 0 Å². The third kappa shape index (κ3) is 3.42. The maximum absolute atomic E-state index is 5.89. The highest BCUT2D eigenvalue weighted by Gasteiger charge is 2.21. The Kier molecular flexibility index (Phi) is 4.01. The molecule has 2 aromatic carbocycles. The smallest absolute Gasteiger partial charge is 0.121 e. The maximum atomic E-state index is 5.89. The van der Waals surface area contributed by atoms with E-state index < -0.39 is 0 Å². The van der Waals surface area contributed by atoms with Crippen LogP contribution in [0.5, 0.6) is 5.75 Å². The van der Waals surface area contributed by atoms with Crippen molar-refractivity contribution >= 4 is 17.3 Å². The summed E-state index contributed by atoms with van der Waals surface area (Å²) in [4.78, 5) is 0. The van der Waals surface area contributed by atoms with E-state index in [1.165, 1.54) is 5.56 Å². The molecule has 0 amide bonds. The summed E-state index contributed by atoms with van der Waals surface area (Å²) in [7, 11) is 0. The van der Waals surface area contributed by atoms with Gasteiger partial charge < -0.3 is 10.5 Å². The van der Waals surface area contributed by atoms with Gasteiger partial charge in [0.25, 0.3) is 0 Å². The average molecular weight is 276 g/mol. The maximum Gasteiger partial charge on any atom is 0.121 e. The minimum Gasteiger partial charge on any atom is -0.493 e. The molecule has 0 aliphatic carbocycles. The summed E-state index contributed by atoms with van der Waals surface area (Å²) < 4.78 is 5.82. The first kappa shape index (κ1) is 13.8. The van der Waals surface area contributed by atoms with Crippen molar-refractivity contribution in [1.29, 1.82) is 0 Å². The lowest BCUT2D eigenvalue weighted by atomic mass is 9.86. The van der Waals surface area contributed by atoms with Crippen molar-refractivity contribution in [3.8, 4) is 5.75 Å². The minimum absolute atomic E-state index is 0.0599. The van der Waals surface area contributed by atoms with Crippen molar-refractivity contribution in [3.05, 3.63) is 59.1 Å². The van der Waals surface area contributed by atoms with E-state index in [0.29, 0.717) is 17.3 Å². The molecule has 2 nitrogen and oxygen atoms in total. The summed E-state index contributed by atoms with van der Waals surface area (Å²) in [5.41, 5.74) is 7.49. The SMILES string of the molecule is CC(C)(COc1ccc(Cl)c(N)c1)c1ccccc1. The molecule has 0 bridgehead atoms. The number of hydrogen-bond donors (Lipinski definition) is 1. The predicted molar refractivity (Wildman–Crippen MR) is 80.8 cm³/mol. The first-order valence-electron chi connectivity index (χ1n) is 6.22. The normalized spacial score (nSPS) is 11.3. The van der Waals surface area contributed by atoms with Crippen LogP contribution in [0.2, 0.25) is 5.02 Å². The monoisotopic (exact) mass is 275 g/mol. The van der Waals surface area contributed by atoms with Crippen molar-refractivity contribution in [2.24, 2.45) is 0 Å². The summed E-state index contributed by atoms with van der Waals surface area (Å²) in [6.07, 6.45) is 0. The van der Waals surface area contributed by atoms with Crippen LogP contribution >= 0.6 is 11.6 Å². The molecule has 0 aromatic heterocycles. The standard InChI is InChI=1S/C16H18ClNO/c1-16(2,12-6-4-3-5-7-12)11-19-13-8-9-14(17)15(18)10-13/h3-10H,11,18H2,1-2H3. The van der Waals surface area contributed by atoms with E-state index in [2.05, 4.69) is 26.0 Å². The van der Waals surface area contributed by atoms with E-state index in [1.807, 2.05) is 24.3 Å². The van der Waals surface area contributed by atoms with Crippen molar-refractivity contribution in [2.75, 3.05) is 12.3 Å². The molecule has 2 aromatic rings. The van der Waals surface area contributed by atoms with Gasteiger partial charge in [-0.2, -0.15) is 0 Å².